The van der Waals surface area contributed by atoms with Crippen LogP contribution in [0.3, 0.4) is 0 Å². The molecule has 0 radical (unpaired) electrons. The maximum Gasteiger partial charge on any atom is 0.358 e. The Labute approximate surface area is 104 Å². The number of carbonyl (C=O) groups is 2. The lowest BCUT2D eigenvalue weighted by Crippen LogP contribution is -1.99. The summed E-state index contributed by atoms with van der Waals surface area (Å²) in [6.45, 7) is 0. The summed E-state index contributed by atoms with van der Waals surface area (Å²) < 4.78 is 18.0. The quantitative estimate of drug-likeness (QED) is 0.771. The van der Waals surface area contributed by atoms with Crippen LogP contribution in [0.1, 0.15) is 20.8 Å². The van der Waals surface area contributed by atoms with Gasteiger partial charge in [0.15, 0.2) is 23.0 Å². The lowest BCUT2D eigenvalue weighted by atomic mass is 10.1. The summed E-state index contributed by atoms with van der Waals surface area (Å²) in [5, 5.41) is 29.9. The highest BCUT2D eigenvalue weighted by Crippen LogP contribution is 2.29. The van der Waals surface area contributed by atoms with E-state index in [1.54, 1.807) is 0 Å². The molecule has 0 unspecified atom stereocenters. The van der Waals surface area contributed by atoms with Crippen molar-refractivity contribution in [2.75, 3.05) is 0 Å². The second-order valence-corrected chi connectivity index (χ2v) is 3.54. The van der Waals surface area contributed by atoms with Crippen LogP contribution in [0.25, 0.3) is 11.3 Å². The molecule has 1 aromatic carbocycles. The third-order valence-electron chi connectivity index (χ3n) is 2.31. The second-order valence-electron chi connectivity index (χ2n) is 3.54. The molecule has 3 N–H and O–H groups in total. The van der Waals surface area contributed by atoms with Gasteiger partial charge in [-0.1, -0.05) is 5.16 Å². The van der Waals surface area contributed by atoms with Crippen molar-refractivity contribution in [3.8, 4) is 17.1 Å². The van der Waals surface area contributed by atoms with Crippen molar-refractivity contribution in [2.24, 2.45) is 0 Å². The number of carboxylic acids is 2. The minimum atomic E-state index is -1.53. The molecule has 1 aromatic heterocycles. The molecule has 8 heteroatoms. The summed E-state index contributed by atoms with van der Waals surface area (Å²) in [6.07, 6.45) is 0. The fourth-order valence-corrected chi connectivity index (χ4v) is 1.42. The van der Waals surface area contributed by atoms with Gasteiger partial charge in [-0.25, -0.2) is 14.0 Å². The fourth-order valence-electron chi connectivity index (χ4n) is 1.42. The van der Waals surface area contributed by atoms with E-state index in [0.717, 1.165) is 18.2 Å². The van der Waals surface area contributed by atoms with E-state index in [-0.39, 0.29) is 11.3 Å². The molecular weight excluding hydrogens is 261 g/mol. The third kappa shape index (κ3) is 2.23. The van der Waals surface area contributed by atoms with E-state index < -0.39 is 34.8 Å². The van der Waals surface area contributed by atoms with Crippen molar-refractivity contribution in [1.82, 2.24) is 5.16 Å². The highest BCUT2D eigenvalue weighted by atomic mass is 19.1. The molecule has 0 atom stereocenters. The lowest BCUT2D eigenvalue weighted by molar-refractivity contribution is 0.0678. The average Bonchev–Trinajstić information content (AvgIpc) is 2.81. The number of halogens is 1. The van der Waals surface area contributed by atoms with Gasteiger partial charge in [-0.3, -0.25) is 0 Å². The zero-order valence-corrected chi connectivity index (χ0v) is 9.12. The van der Waals surface area contributed by atoms with E-state index in [1.807, 2.05) is 0 Å². The van der Waals surface area contributed by atoms with Crippen molar-refractivity contribution in [2.45, 2.75) is 0 Å². The largest absolute Gasteiger partial charge is 0.504 e. The van der Waals surface area contributed by atoms with E-state index in [1.165, 1.54) is 0 Å². The normalized spacial score (nSPS) is 10.4. The van der Waals surface area contributed by atoms with E-state index in [4.69, 9.17) is 10.2 Å². The highest BCUT2D eigenvalue weighted by molar-refractivity contribution is 5.92. The standard InChI is InChI=1S/C11H6FNO6/c12-6-2-4(1-5(9(6)14)10(15)16)8-3-7(11(17)18)13-19-8/h1-3,14H,(H,15,16)(H,17,18). The molecule has 2 rings (SSSR count). The van der Waals surface area contributed by atoms with Gasteiger partial charge < -0.3 is 19.8 Å². The number of benzene rings is 1. The van der Waals surface area contributed by atoms with Gasteiger partial charge in [-0.15, -0.1) is 0 Å². The fraction of sp³-hybridized carbons (Fsp3) is 0. The van der Waals surface area contributed by atoms with Gasteiger partial charge in [0, 0.05) is 11.6 Å². The van der Waals surface area contributed by atoms with E-state index in [0.29, 0.717) is 0 Å². The summed E-state index contributed by atoms with van der Waals surface area (Å²) in [5.41, 5.74) is -1.11. The van der Waals surface area contributed by atoms with Gasteiger partial charge >= 0.3 is 11.9 Å². The highest BCUT2D eigenvalue weighted by Gasteiger charge is 2.19. The van der Waals surface area contributed by atoms with Gasteiger partial charge in [0.1, 0.15) is 5.56 Å². The van der Waals surface area contributed by atoms with Crippen molar-refractivity contribution in [3.63, 3.8) is 0 Å². The molecule has 0 saturated heterocycles. The maximum absolute atomic E-state index is 13.4. The number of hydrogen-bond donors (Lipinski definition) is 3. The zero-order valence-electron chi connectivity index (χ0n) is 9.12. The molecule has 0 aliphatic rings. The van der Waals surface area contributed by atoms with Gasteiger partial charge in [0.25, 0.3) is 0 Å². The first-order valence-electron chi connectivity index (χ1n) is 4.86. The van der Waals surface area contributed by atoms with Crippen LogP contribution >= 0.6 is 0 Å². The number of phenols is 1. The van der Waals surface area contributed by atoms with Crippen molar-refractivity contribution < 1.29 is 33.8 Å². The van der Waals surface area contributed by atoms with Crippen LogP contribution < -0.4 is 0 Å². The van der Waals surface area contributed by atoms with Crippen LogP contribution in [-0.4, -0.2) is 32.4 Å². The maximum atomic E-state index is 13.4. The molecule has 0 amide bonds. The lowest BCUT2D eigenvalue weighted by Gasteiger charge is -2.03. The van der Waals surface area contributed by atoms with Gasteiger partial charge in [0.2, 0.25) is 0 Å². The predicted octanol–water partition coefficient (Wildman–Crippen LogP) is 1.58. The number of aromatic carboxylic acids is 2. The second kappa shape index (κ2) is 4.41. The number of rotatable bonds is 3. The third-order valence-corrected chi connectivity index (χ3v) is 2.31. The number of hydrogen-bond acceptors (Lipinski definition) is 5. The first kappa shape index (κ1) is 12.6. The molecule has 0 spiro atoms. The van der Waals surface area contributed by atoms with Crippen molar-refractivity contribution >= 4 is 11.9 Å². The summed E-state index contributed by atoms with van der Waals surface area (Å²) in [4.78, 5) is 21.4. The molecular formula is C11H6FNO6. The Morgan fingerprint density at radius 1 is 1.16 bits per heavy atom. The Bertz CT molecular complexity index is 678. The van der Waals surface area contributed by atoms with Crippen molar-refractivity contribution in [3.05, 3.63) is 35.3 Å². The van der Waals surface area contributed by atoms with Gasteiger partial charge in [0.05, 0.1) is 0 Å². The topological polar surface area (TPSA) is 121 Å². The first-order valence-corrected chi connectivity index (χ1v) is 4.86. The number of aromatic nitrogens is 1. The molecule has 0 fully saturated rings. The SMILES string of the molecule is O=C(O)c1cc(-c2cc(F)c(O)c(C(=O)O)c2)on1. The monoisotopic (exact) mass is 267 g/mol. The Balaban J connectivity index is 2.56. The molecule has 0 bridgehead atoms. The first-order chi connectivity index (χ1) is 8.90. The average molecular weight is 267 g/mol. The number of nitrogens with zero attached hydrogens (tertiary/aromatic N) is 1. The Hall–Kier alpha value is -2.90. The van der Waals surface area contributed by atoms with E-state index in [2.05, 4.69) is 9.68 Å². The van der Waals surface area contributed by atoms with Crippen LogP contribution in [0, 0.1) is 5.82 Å². The zero-order chi connectivity index (χ0) is 14.2. The number of aromatic hydroxyl groups is 1. The molecule has 19 heavy (non-hydrogen) atoms. The Morgan fingerprint density at radius 2 is 1.84 bits per heavy atom. The van der Waals surface area contributed by atoms with Crippen LogP contribution in [0.15, 0.2) is 22.7 Å². The van der Waals surface area contributed by atoms with Gasteiger partial charge in [-0.2, -0.15) is 0 Å². The molecule has 98 valence electrons. The molecule has 7 nitrogen and oxygen atoms in total. The van der Waals surface area contributed by atoms with Crippen LogP contribution in [0.4, 0.5) is 4.39 Å². The Kier molecular flexibility index (Phi) is 2.91. The molecule has 0 aliphatic heterocycles. The molecule has 0 saturated carbocycles. The summed E-state index contributed by atoms with van der Waals surface area (Å²) in [7, 11) is 0. The minimum absolute atomic E-state index is 0.0484. The summed E-state index contributed by atoms with van der Waals surface area (Å²) in [6, 6.07) is 2.78. The molecule has 1 heterocycles. The van der Waals surface area contributed by atoms with Crippen LogP contribution in [-0.2, 0) is 0 Å². The smallest absolute Gasteiger partial charge is 0.358 e. The molecule has 2 aromatic rings. The minimum Gasteiger partial charge on any atom is -0.504 e. The van der Waals surface area contributed by atoms with Crippen molar-refractivity contribution in [1.29, 1.82) is 0 Å². The van der Waals surface area contributed by atoms with Crippen LogP contribution in [0.5, 0.6) is 5.75 Å². The summed E-state index contributed by atoms with van der Waals surface area (Å²) >= 11 is 0. The Morgan fingerprint density at radius 3 is 2.37 bits per heavy atom. The molecule has 0 aliphatic carbocycles. The summed E-state index contributed by atoms with van der Waals surface area (Å²) in [5.74, 6) is -5.17. The van der Waals surface area contributed by atoms with E-state index in [9.17, 15) is 19.1 Å². The van der Waals surface area contributed by atoms with E-state index >= 15 is 0 Å². The van der Waals surface area contributed by atoms with Crippen LogP contribution in [0.2, 0.25) is 0 Å². The van der Waals surface area contributed by atoms with Gasteiger partial charge in [-0.05, 0) is 12.1 Å². The predicted molar refractivity (Wildman–Crippen MR) is 57.5 cm³/mol. The number of carboxylic acid groups (broad SMARTS) is 2.